The highest BCUT2D eigenvalue weighted by Gasteiger charge is 2.31. The van der Waals surface area contributed by atoms with Gasteiger partial charge in [-0.2, -0.15) is 0 Å². The molecule has 1 N–H and O–H groups in total. The van der Waals surface area contributed by atoms with Gasteiger partial charge < -0.3 is 5.11 Å². The third-order valence-electron chi connectivity index (χ3n) is 4.27. The number of nitrogens with zero attached hydrogens (tertiary/aromatic N) is 2. The quantitative estimate of drug-likeness (QED) is 0.624. The molecular formula is C18H19FN2O3. The average molecular weight is 330 g/mol. The Morgan fingerprint density at radius 1 is 1.25 bits per heavy atom. The van der Waals surface area contributed by atoms with Gasteiger partial charge in [-0.3, -0.25) is 15.0 Å². The van der Waals surface area contributed by atoms with E-state index in [-0.39, 0.29) is 11.5 Å². The number of aliphatic hydroxyl groups is 1. The summed E-state index contributed by atoms with van der Waals surface area (Å²) >= 11 is 0. The van der Waals surface area contributed by atoms with Crippen LogP contribution >= 0.6 is 0 Å². The van der Waals surface area contributed by atoms with Crippen LogP contribution in [-0.4, -0.2) is 27.5 Å². The lowest BCUT2D eigenvalue weighted by molar-refractivity contribution is -0.385. The van der Waals surface area contributed by atoms with E-state index >= 15 is 0 Å². The lowest BCUT2D eigenvalue weighted by atomic mass is 10.1. The highest BCUT2D eigenvalue weighted by molar-refractivity contribution is 5.35. The van der Waals surface area contributed by atoms with Crippen molar-refractivity contribution in [1.29, 1.82) is 0 Å². The summed E-state index contributed by atoms with van der Waals surface area (Å²) < 4.78 is 13.9. The summed E-state index contributed by atoms with van der Waals surface area (Å²) in [6.07, 6.45) is 1.20. The molecule has 1 aliphatic rings. The van der Waals surface area contributed by atoms with E-state index in [0.29, 0.717) is 30.3 Å². The molecule has 0 heterocycles. The summed E-state index contributed by atoms with van der Waals surface area (Å²) in [5, 5.41) is 21.3. The van der Waals surface area contributed by atoms with Gasteiger partial charge in [0.1, 0.15) is 5.82 Å². The molecule has 2 aromatic carbocycles. The van der Waals surface area contributed by atoms with E-state index in [0.717, 1.165) is 12.8 Å². The molecule has 0 spiro atoms. The minimum Gasteiger partial charge on any atom is -0.387 e. The van der Waals surface area contributed by atoms with Crippen molar-refractivity contribution in [3.05, 3.63) is 75.6 Å². The number of aliphatic hydroxyl groups excluding tert-OH is 1. The maximum Gasteiger partial charge on any atom is 0.269 e. The van der Waals surface area contributed by atoms with Gasteiger partial charge in [0.15, 0.2) is 0 Å². The van der Waals surface area contributed by atoms with Crippen LogP contribution in [0.2, 0.25) is 0 Å². The molecule has 0 aromatic heterocycles. The predicted molar refractivity (Wildman–Crippen MR) is 87.9 cm³/mol. The molecule has 1 saturated carbocycles. The summed E-state index contributed by atoms with van der Waals surface area (Å²) in [4.78, 5) is 12.4. The summed E-state index contributed by atoms with van der Waals surface area (Å²) in [7, 11) is 0. The maximum absolute atomic E-state index is 13.9. The van der Waals surface area contributed by atoms with Crippen LogP contribution in [0.1, 0.15) is 30.1 Å². The number of halogens is 1. The number of nitro groups is 1. The van der Waals surface area contributed by atoms with Crippen molar-refractivity contribution in [2.24, 2.45) is 0 Å². The van der Waals surface area contributed by atoms with E-state index in [1.807, 2.05) is 4.90 Å². The Bertz CT molecular complexity index is 734. The normalized spacial score (nSPS) is 15.5. The first kappa shape index (κ1) is 16.5. The maximum atomic E-state index is 13.9. The Morgan fingerprint density at radius 2 is 2.00 bits per heavy atom. The molecule has 1 atom stereocenters. The number of hydrogen-bond acceptors (Lipinski definition) is 4. The van der Waals surface area contributed by atoms with Gasteiger partial charge in [0.2, 0.25) is 0 Å². The molecule has 24 heavy (non-hydrogen) atoms. The largest absolute Gasteiger partial charge is 0.387 e. The van der Waals surface area contributed by atoms with Gasteiger partial charge in [-0.1, -0.05) is 30.3 Å². The summed E-state index contributed by atoms with van der Waals surface area (Å²) in [6.45, 7) is 0.740. The van der Waals surface area contributed by atoms with Crippen molar-refractivity contribution >= 4 is 5.69 Å². The minimum atomic E-state index is -0.850. The Labute approximate surface area is 139 Å². The van der Waals surface area contributed by atoms with Gasteiger partial charge in [-0.25, -0.2) is 4.39 Å². The Hall–Kier alpha value is -2.31. The van der Waals surface area contributed by atoms with Gasteiger partial charge in [0.25, 0.3) is 5.69 Å². The molecule has 0 bridgehead atoms. The molecule has 5 nitrogen and oxygen atoms in total. The van der Waals surface area contributed by atoms with Crippen molar-refractivity contribution in [2.45, 2.75) is 31.5 Å². The SMILES string of the molecule is O=[N+]([O-])c1cccc(C(O)CN(Cc2ccccc2F)C2CC2)c1. The third-order valence-corrected chi connectivity index (χ3v) is 4.27. The Morgan fingerprint density at radius 3 is 2.67 bits per heavy atom. The minimum absolute atomic E-state index is 0.0429. The van der Waals surface area contributed by atoms with E-state index in [1.165, 1.54) is 18.2 Å². The molecule has 0 saturated heterocycles. The van der Waals surface area contributed by atoms with E-state index in [4.69, 9.17) is 0 Å². The molecular weight excluding hydrogens is 311 g/mol. The highest BCUT2D eigenvalue weighted by atomic mass is 19.1. The second kappa shape index (κ2) is 7.07. The standard InChI is InChI=1S/C18H19FN2O3/c19-17-7-2-1-4-14(17)11-20(15-8-9-15)12-18(22)13-5-3-6-16(10-13)21(23)24/h1-7,10,15,18,22H,8-9,11-12H2. The molecule has 2 aromatic rings. The Balaban J connectivity index is 1.73. The van der Waals surface area contributed by atoms with E-state index in [9.17, 15) is 19.6 Å². The van der Waals surface area contributed by atoms with Crippen LogP contribution in [0.4, 0.5) is 10.1 Å². The second-order valence-corrected chi connectivity index (χ2v) is 6.12. The Kier molecular flexibility index (Phi) is 4.87. The van der Waals surface area contributed by atoms with Gasteiger partial charge >= 0.3 is 0 Å². The molecule has 0 radical (unpaired) electrons. The summed E-state index contributed by atoms with van der Waals surface area (Å²) in [5.74, 6) is -0.256. The van der Waals surface area contributed by atoms with E-state index in [2.05, 4.69) is 0 Å². The lowest BCUT2D eigenvalue weighted by Crippen LogP contribution is -2.30. The molecule has 0 amide bonds. The van der Waals surface area contributed by atoms with Crippen LogP contribution in [0, 0.1) is 15.9 Å². The van der Waals surface area contributed by atoms with Crippen molar-refractivity contribution in [3.63, 3.8) is 0 Å². The number of nitro benzene ring substituents is 1. The monoisotopic (exact) mass is 330 g/mol. The van der Waals surface area contributed by atoms with Gasteiger partial charge in [-0.05, 0) is 24.5 Å². The fourth-order valence-corrected chi connectivity index (χ4v) is 2.80. The van der Waals surface area contributed by atoms with Gasteiger partial charge in [0.05, 0.1) is 11.0 Å². The van der Waals surface area contributed by atoms with Gasteiger partial charge in [-0.15, -0.1) is 0 Å². The number of non-ortho nitro benzene ring substituents is 1. The molecule has 1 fully saturated rings. The zero-order chi connectivity index (χ0) is 17.1. The van der Waals surface area contributed by atoms with Crippen LogP contribution in [0.5, 0.6) is 0 Å². The molecule has 6 heteroatoms. The highest BCUT2D eigenvalue weighted by Crippen LogP contribution is 2.31. The van der Waals surface area contributed by atoms with E-state index in [1.54, 1.807) is 30.3 Å². The van der Waals surface area contributed by atoms with Crippen LogP contribution in [0.15, 0.2) is 48.5 Å². The molecule has 1 aliphatic carbocycles. The van der Waals surface area contributed by atoms with Crippen molar-refractivity contribution in [1.82, 2.24) is 4.90 Å². The third kappa shape index (κ3) is 3.96. The van der Waals surface area contributed by atoms with Crippen LogP contribution < -0.4 is 0 Å². The van der Waals surface area contributed by atoms with Crippen molar-refractivity contribution in [3.8, 4) is 0 Å². The van der Waals surface area contributed by atoms with Crippen LogP contribution in [-0.2, 0) is 6.54 Å². The second-order valence-electron chi connectivity index (χ2n) is 6.12. The fourth-order valence-electron chi connectivity index (χ4n) is 2.80. The molecule has 126 valence electrons. The smallest absolute Gasteiger partial charge is 0.269 e. The first-order valence-corrected chi connectivity index (χ1v) is 7.94. The molecule has 3 rings (SSSR count). The number of rotatable bonds is 7. The van der Waals surface area contributed by atoms with Gasteiger partial charge in [0, 0.05) is 36.8 Å². The van der Waals surface area contributed by atoms with Crippen molar-refractivity contribution < 1.29 is 14.4 Å². The molecule has 1 unspecified atom stereocenters. The summed E-state index contributed by atoms with van der Waals surface area (Å²) in [6, 6.07) is 13.0. The van der Waals surface area contributed by atoms with Crippen LogP contribution in [0.3, 0.4) is 0 Å². The molecule has 0 aliphatic heterocycles. The predicted octanol–water partition coefficient (Wildman–Crippen LogP) is 3.43. The zero-order valence-electron chi connectivity index (χ0n) is 13.1. The average Bonchev–Trinajstić information content (AvgIpc) is 3.41. The van der Waals surface area contributed by atoms with Crippen molar-refractivity contribution in [2.75, 3.05) is 6.54 Å². The number of benzene rings is 2. The first-order chi connectivity index (χ1) is 11.5. The zero-order valence-corrected chi connectivity index (χ0v) is 13.1. The summed E-state index contributed by atoms with van der Waals surface area (Å²) in [5.41, 5.74) is 1.05. The van der Waals surface area contributed by atoms with E-state index < -0.39 is 11.0 Å². The topological polar surface area (TPSA) is 66.6 Å². The fraction of sp³-hybridized carbons (Fsp3) is 0.333. The lowest BCUT2D eigenvalue weighted by Gasteiger charge is -2.25. The first-order valence-electron chi connectivity index (χ1n) is 7.94. The van der Waals surface area contributed by atoms with Crippen LogP contribution in [0.25, 0.3) is 0 Å². The number of hydrogen-bond donors (Lipinski definition) is 1.